The zero-order chi connectivity index (χ0) is 19.1. The molecule has 7 heteroatoms. The Hall–Kier alpha value is -2.11. The Kier molecular flexibility index (Phi) is 7.42. The number of halogens is 3. The van der Waals surface area contributed by atoms with Crippen molar-refractivity contribution >= 4 is 40.7 Å². The molecule has 4 nitrogen and oxygen atoms in total. The lowest BCUT2D eigenvalue weighted by Gasteiger charge is -2.22. The zero-order valence-electron chi connectivity index (χ0n) is 14.3. The van der Waals surface area contributed by atoms with Crippen LogP contribution in [0, 0.1) is 5.82 Å². The Bertz CT molecular complexity index is 799. The van der Waals surface area contributed by atoms with Crippen molar-refractivity contribution in [1.82, 2.24) is 5.32 Å². The standard InChI is InChI=1S/C19H19Cl2FN2O2/c1-13(25)24(18-7-6-15(20)12-16(18)21)11-9-19(26)23-10-8-14-4-2-3-5-17(14)22/h2-7,12H,8-11H2,1H3,(H,23,26). The first-order chi connectivity index (χ1) is 12.4. The van der Waals surface area contributed by atoms with Gasteiger partial charge in [0.25, 0.3) is 0 Å². The zero-order valence-corrected chi connectivity index (χ0v) is 15.8. The van der Waals surface area contributed by atoms with Gasteiger partial charge in [-0.2, -0.15) is 0 Å². The second-order valence-electron chi connectivity index (χ2n) is 5.71. The summed E-state index contributed by atoms with van der Waals surface area (Å²) in [5.74, 6) is -0.743. The Morgan fingerprint density at radius 1 is 1.15 bits per heavy atom. The Morgan fingerprint density at radius 2 is 1.88 bits per heavy atom. The summed E-state index contributed by atoms with van der Waals surface area (Å²) in [7, 11) is 0. The first-order valence-electron chi connectivity index (χ1n) is 8.11. The van der Waals surface area contributed by atoms with Crippen molar-refractivity contribution in [1.29, 1.82) is 0 Å². The van der Waals surface area contributed by atoms with Gasteiger partial charge in [-0.05, 0) is 36.2 Å². The first kappa shape index (κ1) is 20.2. The number of benzene rings is 2. The van der Waals surface area contributed by atoms with Gasteiger partial charge in [-0.15, -0.1) is 0 Å². The summed E-state index contributed by atoms with van der Waals surface area (Å²) in [4.78, 5) is 25.3. The van der Waals surface area contributed by atoms with E-state index in [1.165, 1.54) is 17.9 Å². The number of amides is 2. The largest absolute Gasteiger partial charge is 0.356 e. The number of hydrogen-bond acceptors (Lipinski definition) is 2. The van der Waals surface area contributed by atoms with E-state index in [1.807, 2.05) is 0 Å². The van der Waals surface area contributed by atoms with Crippen LogP contribution in [0.5, 0.6) is 0 Å². The Morgan fingerprint density at radius 3 is 2.54 bits per heavy atom. The summed E-state index contributed by atoms with van der Waals surface area (Å²) in [6.07, 6.45) is 0.508. The molecule has 0 bridgehead atoms. The van der Waals surface area contributed by atoms with E-state index in [1.54, 1.807) is 36.4 Å². The van der Waals surface area contributed by atoms with Gasteiger partial charge in [0.05, 0.1) is 10.7 Å². The summed E-state index contributed by atoms with van der Waals surface area (Å²) < 4.78 is 13.5. The molecule has 0 spiro atoms. The monoisotopic (exact) mass is 396 g/mol. The van der Waals surface area contributed by atoms with Crippen LogP contribution in [0.25, 0.3) is 0 Å². The van der Waals surface area contributed by atoms with Gasteiger partial charge in [0, 0.05) is 31.5 Å². The maximum atomic E-state index is 13.5. The minimum Gasteiger partial charge on any atom is -0.356 e. The maximum Gasteiger partial charge on any atom is 0.223 e. The van der Waals surface area contributed by atoms with Crippen molar-refractivity contribution in [3.63, 3.8) is 0 Å². The molecule has 1 N–H and O–H groups in total. The first-order valence-corrected chi connectivity index (χ1v) is 8.87. The number of carbonyl (C=O) groups excluding carboxylic acids is 2. The SMILES string of the molecule is CC(=O)N(CCC(=O)NCCc1ccccc1F)c1ccc(Cl)cc1Cl. The molecule has 0 radical (unpaired) electrons. The molecule has 0 saturated carbocycles. The topological polar surface area (TPSA) is 49.4 Å². The second-order valence-corrected chi connectivity index (χ2v) is 6.55. The average molecular weight is 397 g/mol. The van der Waals surface area contributed by atoms with E-state index in [9.17, 15) is 14.0 Å². The van der Waals surface area contributed by atoms with Gasteiger partial charge in [0.1, 0.15) is 5.82 Å². The molecule has 26 heavy (non-hydrogen) atoms. The number of nitrogens with one attached hydrogen (secondary N) is 1. The summed E-state index contributed by atoms with van der Waals surface area (Å²) in [5, 5.41) is 3.54. The smallest absolute Gasteiger partial charge is 0.223 e. The van der Waals surface area contributed by atoms with E-state index in [0.717, 1.165) is 0 Å². The third-order valence-corrected chi connectivity index (χ3v) is 4.36. The van der Waals surface area contributed by atoms with Crippen LogP contribution in [-0.2, 0) is 16.0 Å². The number of nitrogens with zero attached hydrogens (tertiary/aromatic N) is 1. The van der Waals surface area contributed by atoms with Gasteiger partial charge in [-0.1, -0.05) is 41.4 Å². The molecule has 0 fully saturated rings. The average Bonchev–Trinajstić information content (AvgIpc) is 2.58. The van der Waals surface area contributed by atoms with Gasteiger partial charge in [0.2, 0.25) is 11.8 Å². The van der Waals surface area contributed by atoms with Crippen LogP contribution in [0.15, 0.2) is 42.5 Å². The molecular formula is C19H19Cl2FN2O2. The molecule has 2 amide bonds. The molecule has 2 aromatic carbocycles. The van der Waals surface area contributed by atoms with E-state index in [4.69, 9.17) is 23.2 Å². The molecule has 0 aliphatic carbocycles. The van der Waals surface area contributed by atoms with Crippen LogP contribution < -0.4 is 10.2 Å². The van der Waals surface area contributed by atoms with E-state index in [0.29, 0.717) is 34.3 Å². The molecule has 2 rings (SSSR count). The molecule has 0 saturated heterocycles. The number of carbonyl (C=O) groups is 2. The van der Waals surface area contributed by atoms with Gasteiger partial charge in [0.15, 0.2) is 0 Å². The van der Waals surface area contributed by atoms with Crippen LogP contribution in [0.2, 0.25) is 10.0 Å². The fraction of sp³-hybridized carbons (Fsp3) is 0.263. The molecule has 0 aromatic heterocycles. The normalized spacial score (nSPS) is 10.5. The lowest BCUT2D eigenvalue weighted by atomic mass is 10.1. The van der Waals surface area contributed by atoms with Gasteiger partial charge in [-0.25, -0.2) is 4.39 Å². The second kappa shape index (κ2) is 9.55. The summed E-state index contributed by atoms with van der Waals surface area (Å²) in [5.41, 5.74) is 1.05. The highest BCUT2D eigenvalue weighted by atomic mass is 35.5. The highest BCUT2D eigenvalue weighted by molar-refractivity contribution is 6.36. The molecule has 0 aliphatic heterocycles. The predicted octanol–water partition coefficient (Wildman–Crippen LogP) is 4.23. The quantitative estimate of drug-likeness (QED) is 0.760. The van der Waals surface area contributed by atoms with Gasteiger partial charge in [-0.3, -0.25) is 9.59 Å². The van der Waals surface area contributed by atoms with E-state index >= 15 is 0 Å². The maximum absolute atomic E-state index is 13.5. The molecule has 0 aliphatic rings. The van der Waals surface area contributed by atoms with Crippen LogP contribution >= 0.6 is 23.2 Å². The molecular weight excluding hydrogens is 378 g/mol. The van der Waals surface area contributed by atoms with Crippen molar-refractivity contribution in [2.24, 2.45) is 0 Å². The Labute approximate surface area is 161 Å². The Balaban J connectivity index is 1.87. The minimum atomic E-state index is -0.290. The summed E-state index contributed by atoms with van der Waals surface area (Å²) in [6, 6.07) is 11.3. The van der Waals surface area contributed by atoms with Crippen LogP contribution in [0.1, 0.15) is 18.9 Å². The lowest BCUT2D eigenvalue weighted by molar-refractivity contribution is -0.121. The van der Waals surface area contributed by atoms with Crippen LogP contribution in [-0.4, -0.2) is 24.9 Å². The predicted molar refractivity (Wildman–Crippen MR) is 102 cm³/mol. The molecule has 0 heterocycles. The van der Waals surface area contributed by atoms with Crippen molar-refractivity contribution in [3.8, 4) is 0 Å². The molecule has 138 valence electrons. The van der Waals surface area contributed by atoms with Crippen LogP contribution in [0.3, 0.4) is 0 Å². The van der Waals surface area contributed by atoms with Crippen molar-refractivity contribution in [2.75, 3.05) is 18.0 Å². The van der Waals surface area contributed by atoms with E-state index < -0.39 is 0 Å². The number of rotatable bonds is 7. The molecule has 0 unspecified atom stereocenters. The minimum absolute atomic E-state index is 0.107. The third-order valence-electron chi connectivity index (χ3n) is 3.82. The lowest BCUT2D eigenvalue weighted by Crippen LogP contribution is -2.34. The fourth-order valence-corrected chi connectivity index (χ4v) is 3.00. The summed E-state index contributed by atoms with van der Waals surface area (Å²) in [6.45, 7) is 1.91. The van der Waals surface area contributed by atoms with Crippen LogP contribution in [0.4, 0.5) is 10.1 Å². The number of anilines is 1. The van der Waals surface area contributed by atoms with Crippen molar-refractivity contribution in [3.05, 3.63) is 63.9 Å². The van der Waals surface area contributed by atoms with E-state index in [2.05, 4.69) is 5.32 Å². The molecule has 0 atom stereocenters. The summed E-state index contributed by atoms with van der Waals surface area (Å²) >= 11 is 12.0. The van der Waals surface area contributed by atoms with E-state index in [-0.39, 0.29) is 30.6 Å². The van der Waals surface area contributed by atoms with Gasteiger partial charge >= 0.3 is 0 Å². The highest BCUT2D eigenvalue weighted by Crippen LogP contribution is 2.29. The van der Waals surface area contributed by atoms with Gasteiger partial charge < -0.3 is 10.2 Å². The number of hydrogen-bond donors (Lipinski definition) is 1. The van der Waals surface area contributed by atoms with Crippen molar-refractivity contribution in [2.45, 2.75) is 19.8 Å². The highest BCUT2D eigenvalue weighted by Gasteiger charge is 2.16. The van der Waals surface area contributed by atoms with Crippen molar-refractivity contribution < 1.29 is 14.0 Å². The fourth-order valence-electron chi connectivity index (χ4n) is 2.49. The third kappa shape index (κ3) is 5.71. The molecule has 2 aromatic rings.